The molecule has 0 radical (unpaired) electrons. The Balaban J connectivity index is 2.05. The molecule has 0 atom stereocenters. The topological polar surface area (TPSA) is 65.5 Å². The first-order chi connectivity index (χ1) is 12.1. The van der Waals surface area contributed by atoms with Crippen LogP contribution in [-0.4, -0.2) is 30.6 Å². The smallest absolute Gasteiger partial charge is 0.344 e. The van der Waals surface area contributed by atoms with Crippen LogP contribution < -0.4 is 0 Å². The van der Waals surface area contributed by atoms with E-state index in [0.29, 0.717) is 27.2 Å². The highest BCUT2D eigenvalue weighted by Gasteiger charge is 2.16. The van der Waals surface area contributed by atoms with E-state index in [4.69, 9.17) is 16.3 Å². The van der Waals surface area contributed by atoms with Crippen LogP contribution in [0.2, 0.25) is 5.02 Å². The lowest BCUT2D eigenvalue weighted by atomic mass is 10.0. The summed E-state index contributed by atoms with van der Waals surface area (Å²) in [4.78, 5) is 28.2. The predicted octanol–water partition coefficient (Wildman–Crippen LogP) is 3.89. The first kappa shape index (κ1) is 16.9. The van der Waals surface area contributed by atoms with E-state index in [1.54, 1.807) is 24.3 Å². The minimum Gasteiger partial charge on any atom is -0.466 e. The van der Waals surface area contributed by atoms with Crippen LogP contribution in [0.1, 0.15) is 10.4 Å². The summed E-state index contributed by atoms with van der Waals surface area (Å²) < 4.78 is 9.52. The lowest BCUT2D eigenvalue weighted by molar-refractivity contribution is -0.144. The van der Waals surface area contributed by atoms with E-state index in [2.05, 4.69) is 9.72 Å². The fourth-order valence-electron chi connectivity index (χ4n) is 2.37. The average molecular weight is 356 g/mol. The zero-order valence-electron chi connectivity index (χ0n) is 13.4. The zero-order valence-corrected chi connectivity index (χ0v) is 14.1. The number of benzene rings is 2. The van der Waals surface area contributed by atoms with Gasteiger partial charge in [0.1, 0.15) is 0 Å². The van der Waals surface area contributed by atoms with Crippen molar-refractivity contribution in [3.63, 3.8) is 0 Å². The van der Waals surface area contributed by atoms with Crippen molar-refractivity contribution in [1.82, 2.24) is 4.98 Å². The Morgan fingerprint density at radius 2 is 1.80 bits per heavy atom. The van der Waals surface area contributed by atoms with E-state index >= 15 is 0 Å². The van der Waals surface area contributed by atoms with Gasteiger partial charge in [0.05, 0.1) is 23.9 Å². The molecule has 0 saturated carbocycles. The summed E-state index contributed by atoms with van der Waals surface area (Å²) in [7, 11) is 1.23. The molecule has 0 fully saturated rings. The van der Waals surface area contributed by atoms with Crippen molar-refractivity contribution in [2.75, 3.05) is 13.7 Å². The van der Waals surface area contributed by atoms with E-state index in [0.717, 1.165) is 5.56 Å². The second-order valence-electron chi connectivity index (χ2n) is 5.23. The number of nitrogens with zero attached hydrogens (tertiary/aromatic N) is 1. The fourth-order valence-corrected chi connectivity index (χ4v) is 2.50. The first-order valence-electron chi connectivity index (χ1n) is 7.48. The molecule has 0 aliphatic rings. The van der Waals surface area contributed by atoms with Crippen LogP contribution in [0, 0.1) is 0 Å². The van der Waals surface area contributed by atoms with E-state index in [-0.39, 0.29) is 0 Å². The number of rotatable bonds is 4. The molecule has 0 spiro atoms. The van der Waals surface area contributed by atoms with Gasteiger partial charge >= 0.3 is 11.9 Å². The highest BCUT2D eigenvalue weighted by molar-refractivity contribution is 6.30. The van der Waals surface area contributed by atoms with Crippen molar-refractivity contribution < 1.29 is 19.1 Å². The van der Waals surface area contributed by atoms with Gasteiger partial charge in [0.15, 0.2) is 6.61 Å². The van der Waals surface area contributed by atoms with Gasteiger partial charge in [0.2, 0.25) is 0 Å². The number of hydrogen-bond donors (Lipinski definition) is 0. The highest BCUT2D eigenvalue weighted by Crippen LogP contribution is 2.26. The molecule has 3 aromatic rings. The van der Waals surface area contributed by atoms with Crippen molar-refractivity contribution in [3.8, 4) is 11.3 Å². The van der Waals surface area contributed by atoms with Gasteiger partial charge in [-0.3, -0.25) is 0 Å². The number of halogens is 1. The normalized spacial score (nSPS) is 10.5. The van der Waals surface area contributed by atoms with Crippen LogP contribution in [0.15, 0.2) is 54.6 Å². The number of aromatic nitrogens is 1. The van der Waals surface area contributed by atoms with E-state index in [9.17, 15) is 9.59 Å². The maximum absolute atomic E-state index is 12.4. The van der Waals surface area contributed by atoms with Gasteiger partial charge in [-0.2, -0.15) is 0 Å². The van der Waals surface area contributed by atoms with Crippen molar-refractivity contribution >= 4 is 34.4 Å². The maximum atomic E-state index is 12.4. The molecular formula is C19H14ClNO4. The number of esters is 2. The Morgan fingerprint density at radius 1 is 1.08 bits per heavy atom. The average Bonchev–Trinajstić information content (AvgIpc) is 2.65. The molecule has 5 nitrogen and oxygen atoms in total. The molecule has 1 aromatic heterocycles. The molecule has 6 heteroatoms. The van der Waals surface area contributed by atoms with Gasteiger partial charge in [-0.1, -0.05) is 41.9 Å². The molecule has 25 heavy (non-hydrogen) atoms. The number of para-hydroxylation sites is 1. The summed E-state index contributed by atoms with van der Waals surface area (Å²) >= 11 is 5.92. The van der Waals surface area contributed by atoms with Crippen LogP contribution in [0.4, 0.5) is 0 Å². The summed E-state index contributed by atoms with van der Waals surface area (Å²) in [6.07, 6.45) is 0. The van der Waals surface area contributed by atoms with Crippen molar-refractivity contribution in [2.24, 2.45) is 0 Å². The summed E-state index contributed by atoms with van der Waals surface area (Å²) in [6.45, 7) is -0.442. The number of hydrogen-bond acceptors (Lipinski definition) is 5. The molecule has 0 bridgehead atoms. The Bertz CT molecular complexity index is 938. The second-order valence-corrected chi connectivity index (χ2v) is 5.67. The summed E-state index contributed by atoms with van der Waals surface area (Å²) in [6, 6.07) is 16.0. The van der Waals surface area contributed by atoms with Crippen LogP contribution >= 0.6 is 11.6 Å². The second kappa shape index (κ2) is 7.32. The van der Waals surface area contributed by atoms with Gasteiger partial charge in [-0.15, -0.1) is 0 Å². The van der Waals surface area contributed by atoms with Crippen LogP contribution in [-0.2, 0) is 14.3 Å². The van der Waals surface area contributed by atoms with Gasteiger partial charge in [0.25, 0.3) is 0 Å². The molecule has 0 unspecified atom stereocenters. The lowest BCUT2D eigenvalue weighted by Gasteiger charge is -2.10. The quantitative estimate of drug-likeness (QED) is 0.664. The van der Waals surface area contributed by atoms with Gasteiger partial charge < -0.3 is 9.47 Å². The number of carbonyl (C=O) groups excluding carboxylic acids is 2. The number of ether oxygens (including phenoxy) is 2. The van der Waals surface area contributed by atoms with E-state index in [1.807, 2.05) is 30.3 Å². The van der Waals surface area contributed by atoms with Gasteiger partial charge in [-0.25, -0.2) is 14.6 Å². The Hall–Kier alpha value is -2.92. The number of methoxy groups -OCH3 is 1. The zero-order chi connectivity index (χ0) is 17.8. The summed E-state index contributed by atoms with van der Waals surface area (Å²) in [5.74, 6) is -1.23. The maximum Gasteiger partial charge on any atom is 0.344 e. The third-order valence-corrected chi connectivity index (χ3v) is 3.88. The van der Waals surface area contributed by atoms with E-state index < -0.39 is 18.5 Å². The van der Waals surface area contributed by atoms with Crippen LogP contribution in [0.5, 0.6) is 0 Å². The SMILES string of the molecule is COC(=O)COC(=O)c1cc(-c2ccc(Cl)cc2)nc2ccccc12. The molecule has 0 aliphatic heterocycles. The Kier molecular flexibility index (Phi) is 4.95. The molecule has 2 aromatic carbocycles. The standard InChI is InChI=1S/C19H14ClNO4/c1-24-18(22)11-25-19(23)15-10-17(12-6-8-13(20)9-7-12)21-16-5-3-2-4-14(15)16/h2-10H,11H2,1H3. The fraction of sp³-hybridized carbons (Fsp3) is 0.105. The van der Waals surface area contributed by atoms with Gasteiger partial charge in [-0.05, 0) is 24.3 Å². The Morgan fingerprint density at radius 3 is 2.52 bits per heavy atom. The molecule has 1 heterocycles. The molecule has 126 valence electrons. The minimum atomic E-state index is -0.621. The Labute approximate surface area is 149 Å². The molecular weight excluding hydrogens is 342 g/mol. The predicted molar refractivity (Wildman–Crippen MR) is 94.5 cm³/mol. The monoisotopic (exact) mass is 355 g/mol. The molecule has 3 rings (SSSR count). The first-order valence-corrected chi connectivity index (χ1v) is 7.86. The van der Waals surface area contributed by atoms with E-state index in [1.165, 1.54) is 7.11 Å². The van der Waals surface area contributed by atoms with Gasteiger partial charge in [0, 0.05) is 16.0 Å². The summed E-state index contributed by atoms with van der Waals surface area (Å²) in [5.41, 5.74) is 2.41. The third-order valence-electron chi connectivity index (χ3n) is 3.62. The number of fused-ring (bicyclic) bond motifs is 1. The third kappa shape index (κ3) is 3.78. The van der Waals surface area contributed by atoms with Crippen LogP contribution in [0.25, 0.3) is 22.2 Å². The molecule has 0 amide bonds. The van der Waals surface area contributed by atoms with Crippen molar-refractivity contribution in [3.05, 3.63) is 65.2 Å². The molecule has 0 N–H and O–H groups in total. The number of pyridine rings is 1. The van der Waals surface area contributed by atoms with Crippen molar-refractivity contribution in [1.29, 1.82) is 0 Å². The number of carbonyl (C=O) groups is 2. The molecule has 0 saturated heterocycles. The lowest BCUT2D eigenvalue weighted by Crippen LogP contribution is -2.15. The van der Waals surface area contributed by atoms with Crippen molar-refractivity contribution in [2.45, 2.75) is 0 Å². The molecule has 0 aliphatic carbocycles. The minimum absolute atomic E-state index is 0.333. The largest absolute Gasteiger partial charge is 0.466 e. The van der Waals surface area contributed by atoms with Crippen LogP contribution in [0.3, 0.4) is 0 Å². The summed E-state index contributed by atoms with van der Waals surface area (Å²) in [5, 5.41) is 1.26. The highest BCUT2D eigenvalue weighted by atomic mass is 35.5.